The largest absolute Gasteiger partial charge is 0.494 e. The van der Waals surface area contributed by atoms with Crippen molar-refractivity contribution in [1.82, 2.24) is 4.72 Å². The lowest BCUT2D eigenvalue weighted by Crippen LogP contribution is -2.23. The van der Waals surface area contributed by atoms with Gasteiger partial charge in [-0.05, 0) is 36.8 Å². The fraction of sp³-hybridized carbons (Fsp3) is 0.200. The van der Waals surface area contributed by atoms with Gasteiger partial charge in [-0.3, -0.25) is 0 Å². The highest BCUT2D eigenvalue weighted by Crippen LogP contribution is 2.14. The average Bonchev–Trinajstić information content (AvgIpc) is 2.47. The van der Waals surface area contributed by atoms with Crippen LogP contribution in [0.25, 0.3) is 0 Å². The van der Waals surface area contributed by atoms with Crippen molar-refractivity contribution >= 4 is 10.0 Å². The molecule has 0 saturated carbocycles. The van der Waals surface area contributed by atoms with Crippen LogP contribution < -0.4 is 9.46 Å². The van der Waals surface area contributed by atoms with Crippen molar-refractivity contribution in [2.75, 3.05) is 6.61 Å². The zero-order chi connectivity index (χ0) is 14.4. The SMILES string of the molecule is CCOc1cccc(CNS(=O)(=O)c2ccccc2)c1. The molecular formula is C15H17NO3S. The van der Waals surface area contributed by atoms with E-state index < -0.39 is 10.0 Å². The van der Waals surface area contributed by atoms with E-state index in [0.29, 0.717) is 6.61 Å². The summed E-state index contributed by atoms with van der Waals surface area (Å²) >= 11 is 0. The van der Waals surface area contributed by atoms with Crippen LogP contribution in [0.2, 0.25) is 0 Å². The van der Waals surface area contributed by atoms with E-state index in [1.165, 1.54) is 0 Å². The van der Waals surface area contributed by atoms with E-state index in [2.05, 4.69) is 4.72 Å². The van der Waals surface area contributed by atoms with Crippen molar-refractivity contribution in [2.45, 2.75) is 18.4 Å². The number of benzene rings is 2. The fourth-order valence-electron chi connectivity index (χ4n) is 1.77. The van der Waals surface area contributed by atoms with E-state index in [-0.39, 0.29) is 11.4 Å². The molecule has 0 atom stereocenters. The zero-order valence-electron chi connectivity index (χ0n) is 11.2. The maximum Gasteiger partial charge on any atom is 0.240 e. The third kappa shape index (κ3) is 3.82. The van der Waals surface area contributed by atoms with Crippen molar-refractivity contribution in [3.63, 3.8) is 0 Å². The van der Waals surface area contributed by atoms with Crippen LogP contribution in [-0.4, -0.2) is 15.0 Å². The van der Waals surface area contributed by atoms with Crippen molar-refractivity contribution in [2.24, 2.45) is 0 Å². The third-order valence-corrected chi connectivity index (χ3v) is 4.15. The number of rotatable bonds is 6. The summed E-state index contributed by atoms with van der Waals surface area (Å²) in [4.78, 5) is 0.265. The molecule has 0 unspecified atom stereocenters. The summed E-state index contributed by atoms with van der Waals surface area (Å²) in [6, 6.07) is 15.7. The summed E-state index contributed by atoms with van der Waals surface area (Å²) in [6.45, 7) is 2.72. The lowest BCUT2D eigenvalue weighted by molar-refractivity contribution is 0.340. The first kappa shape index (κ1) is 14.6. The topological polar surface area (TPSA) is 55.4 Å². The molecule has 0 aliphatic carbocycles. The molecule has 0 bridgehead atoms. The van der Waals surface area contributed by atoms with Crippen molar-refractivity contribution in [3.8, 4) is 5.75 Å². The summed E-state index contributed by atoms with van der Waals surface area (Å²) in [5, 5.41) is 0. The highest BCUT2D eigenvalue weighted by Gasteiger charge is 2.12. The van der Waals surface area contributed by atoms with Crippen LogP contribution in [0.5, 0.6) is 5.75 Å². The molecule has 20 heavy (non-hydrogen) atoms. The second kappa shape index (κ2) is 6.54. The minimum Gasteiger partial charge on any atom is -0.494 e. The van der Waals surface area contributed by atoms with Crippen molar-refractivity contribution in [3.05, 3.63) is 60.2 Å². The quantitative estimate of drug-likeness (QED) is 0.890. The summed E-state index contributed by atoms with van der Waals surface area (Å²) < 4.78 is 32.1. The highest BCUT2D eigenvalue weighted by molar-refractivity contribution is 7.89. The molecule has 2 aromatic carbocycles. The van der Waals surface area contributed by atoms with Crippen LogP contribution in [0.1, 0.15) is 12.5 Å². The van der Waals surface area contributed by atoms with Gasteiger partial charge in [-0.2, -0.15) is 0 Å². The predicted molar refractivity (Wildman–Crippen MR) is 78.1 cm³/mol. The normalized spacial score (nSPS) is 11.2. The van der Waals surface area contributed by atoms with E-state index in [1.54, 1.807) is 30.3 Å². The first-order valence-electron chi connectivity index (χ1n) is 6.38. The molecule has 0 amide bonds. The molecule has 0 saturated heterocycles. The van der Waals surface area contributed by atoms with E-state index >= 15 is 0 Å². The van der Waals surface area contributed by atoms with Gasteiger partial charge in [0.1, 0.15) is 5.75 Å². The smallest absolute Gasteiger partial charge is 0.240 e. The average molecular weight is 291 g/mol. The molecule has 0 spiro atoms. The van der Waals surface area contributed by atoms with Gasteiger partial charge < -0.3 is 4.74 Å². The van der Waals surface area contributed by atoms with Crippen LogP contribution in [0, 0.1) is 0 Å². The zero-order valence-corrected chi connectivity index (χ0v) is 12.1. The van der Waals surface area contributed by atoms with Gasteiger partial charge in [0.2, 0.25) is 10.0 Å². The first-order valence-corrected chi connectivity index (χ1v) is 7.86. The molecule has 1 N–H and O–H groups in total. The Kier molecular flexibility index (Phi) is 4.76. The number of ether oxygens (including phenoxy) is 1. The lowest BCUT2D eigenvalue weighted by atomic mass is 10.2. The van der Waals surface area contributed by atoms with Crippen LogP contribution >= 0.6 is 0 Å². The summed E-state index contributed by atoms with van der Waals surface area (Å²) in [5.41, 5.74) is 0.857. The fourth-order valence-corrected chi connectivity index (χ4v) is 2.81. The lowest BCUT2D eigenvalue weighted by Gasteiger charge is -2.08. The van der Waals surface area contributed by atoms with Gasteiger partial charge in [-0.25, -0.2) is 13.1 Å². The van der Waals surface area contributed by atoms with E-state index in [9.17, 15) is 8.42 Å². The van der Waals surface area contributed by atoms with Gasteiger partial charge in [0.05, 0.1) is 11.5 Å². The molecule has 0 aromatic heterocycles. The number of hydrogen-bond acceptors (Lipinski definition) is 3. The number of hydrogen-bond donors (Lipinski definition) is 1. The highest BCUT2D eigenvalue weighted by atomic mass is 32.2. The van der Waals surface area contributed by atoms with Crippen molar-refractivity contribution in [1.29, 1.82) is 0 Å². The Balaban J connectivity index is 2.07. The standard InChI is InChI=1S/C15H17NO3S/c1-2-19-14-8-6-7-13(11-14)12-16-20(17,18)15-9-4-3-5-10-15/h3-11,16H,2,12H2,1H3. The molecular weight excluding hydrogens is 274 g/mol. The molecule has 2 rings (SSSR count). The molecule has 2 aromatic rings. The Labute approximate surface area is 119 Å². The number of nitrogens with one attached hydrogen (secondary N) is 1. The van der Waals surface area contributed by atoms with Gasteiger partial charge in [-0.15, -0.1) is 0 Å². The summed E-state index contributed by atoms with van der Waals surface area (Å²) in [5.74, 6) is 0.740. The van der Waals surface area contributed by atoms with Gasteiger partial charge in [0.15, 0.2) is 0 Å². The van der Waals surface area contributed by atoms with E-state index in [0.717, 1.165) is 11.3 Å². The monoisotopic (exact) mass is 291 g/mol. The maximum atomic E-state index is 12.1. The van der Waals surface area contributed by atoms with Gasteiger partial charge in [-0.1, -0.05) is 30.3 Å². The second-order valence-corrected chi connectivity index (χ2v) is 5.98. The minimum atomic E-state index is -3.47. The molecule has 0 radical (unpaired) electrons. The summed E-state index contributed by atoms with van der Waals surface area (Å²) in [7, 11) is -3.47. The molecule has 0 fully saturated rings. The van der Waals surface area contributed by atoms with Gasteiger partial charge in [0, 0.05) is 6.54 Å². The Hall–Kier alpha value is -1.85. The van der Waals surface area contributed by atoms with Crippen LogP contribution in [0.3, 0.4) is 0 Å². The Bertz CT molecular complexity index is 654. The molecule has 5 heteroatoms. The van der Waals surface area contributed by atoms with Crippen molar-refractivity contribution < 1.29 is 13.2 Å². The summed E-state index contributed by atoms with van der Waals surface area (Å²) in [6.07, 6.45) is 0. The Morgan fingerprint density at radius 3 is 2.50 bits per heavy atom. The second-order valence-electron chi connectivity index (χ2n) is 4.22. The van der Waals surface area contributed by atoms with Crippen LogP contribution in [-0.2, 0) is 16.6 Å². The molecule has 0 aliphatic rings. The molecule has 4 nitrogen and oxygen atoms in total. The Morgan fingerprint density at radius 1 is 1.05 bits per heavy atom. The van der Waals surface area contributed by atoms with E-state index in [4.69, 9.17) is 4.74 Å². The maximum absolute atomic E-state index is 12.1. The van der Waals surface area contributed by atoms with E-state index in [1.807, 2.05) is 31.2 Å². The minimum absolute atomic E-state index is 0.234. The number of sulfonamides is 1. The van der Waals surface area contributed by atoms with Crippen LogP contribution in [0.15, 0.2) is 59.5 Å². The molecule has 0 aliphatic heterocycles. The third-order valence-electron chi connectivity index (χ3n) is 2.73. The Morgan fingerprint density at radius 2 is 1.80 bits per heavy atom. The van der Waals surface area contributed by atoms with Crippen LogP contribution in [0.4, 0.5) is 0 Å². The molecule has 106 valence electrons. The van der Waals surface area contributed by atoms with Gasteiger partial charge >= 0.3 is 0 Å². The first-order chi connectivity index (χ1) is 9.62. The van der Waals surface area contributed by atoms with Gasteiger partial charge in [0.25, 0.3) is 0 Å². The molecule has 0 heterocycles. The predicted octanol–water partition coefficient (Wildman–Crippen LogP) is 2.56.